The first-order valence-corrected chi connectivity index (χ1v) is 8.17. The van der Waals surface area contributed by atoms with Crippen molar-refractivity contribution in [2.24, 2.45) is 0 Å². The van der Waals surface area contributed by atoms with Crippen LogP contribution in [0.4, 0.5) is 5.82 Å². The summed E-state index contributed by atoms with van der Waals surface area (Å²) in [5, 5.41) is 9.26. The van der Waals surface area contributed by atoms with Crippen molar-refractivity contribution in [3.05, 3.63) is 47.7 Å². The first-order valence-electron chi connectivity index (χ1n) is 8.17. The highest BCUT2D eigenvalue weighted by molar-refractivity contribution is 5.76. The van der Waals surface area contributed by atoms with Gasteiger partial charge in [-0.15, -0.1) is 0 Å². The number of aryl methyl sites for hydroxylation is 1. The molecule has 0 bridgehead atoms. The summed E-state index contributed by atoms with van der Waals surface area (Å²) >= 11 is 0. The Morgan fingerprint density at radius 3 is 3.04 bits per heavy atom. The average Bonchev–Trinajstić information content (AvgIpc) is 3.05. The first kappa shape index (κ1) is 14.6. The summed E-state index contributed by atoms with van der Waals surface area (Å²) in [6.45, 7) is 3.77. The smallest absolute Gasteiger partial charge is 0.183 e. The minimum atomic E-state index is 0.306. The van der Waals surface area contributed by atoms with E-state index in [2.05, 4.69) is 51.0 Å². The lowest BCUT2D eigenvalue weighted by Crippen LogP contribution is -2.36. The molecule has 1 N–H and O–H groups in total. The van der Waals surface area contributed by atoms with E-state index in [0.717, 1.165) is 42.8 Å². The van der Waals surface area contributed by atoms with Gasteiger partial charge in [-0.3, -0.25) is 0 Å². The molecule has 1 saturated heterocycles. The van der Waals surface area contributed by atoms with Crippen molar-refractivity contribution in [1.29, 1.82) is 5.26 Å². The molecule has 0 saturated carbocycles. The molecule has 0 unspecified atom stereocenters. The van der Waals surface area contributed by atoms with Gasteiger partial charge in [0.1, 0.15) is 11.9 Å². The van der Waals surface area contributed by atoms with Crippen molar-refractivity contribution in [3.8, 4) is 6.07 Å². The summed E-state index contributed by atoms with van der Waals surface area (Å²) in [5.74, 6) is 2.00. The van der Waals surface area contributed by atoms with E-state index in [1.54, 1.807) is 12.4 Å². The van der Waals surface area contributed by atoms with Crippen LogP contribution >= 0.6 is 0 Å². The molecule has 120 valence electrons. The molecular weight excluding hydrogens is 300 g/mol. The van der Waals surface area contributed by atoms with Crippen molar-refractivity contribution < 1.29 is 0 Å². The van der Waals surface area contributed by atoms with Gasteiger partial charge in [0.25, 0.3) is 0 Å². The van der Waals surface area contributed by atoms with Crippen LogP contribution in [-0.4, -0.2) is 33.0 Å². The first-order chi connectivity index (χ1) is 11.7. The minimum absolute atomic E-state index is 0.306. The zero-order chi connectivity index (χ0) is 16.5. The average molecular weight is 318 g/mol. The van der Waals surface area contributed by atoms with Crippen LogP contribution < -0.4 is 4.90 Å². The fraction of sp³-hybridized carbons (Fsp3) is 0.333. The van der Waals surface area contributed by atoms with Crippen molar-refractivity contribution in [3.63, 3.8) is 0 Å². The lowest BCUT2D eigenvalue weighted by Gasteiger charge is -2.32. The Morgan fingerprint density at radius 1 is 1.29 bits per heavy atom. The second kappa shape index (κ2) is 5.93. The van der Waals surface area contributed by atoms with Crippen molar-refractivity contribution in [2.75, 3.05) is 18.0 Å². The molecule has 2 aromatic heterocycles. The number of nitrogens with one attached hydrogen (secondary N) is 1. The standard InChI is InChI=1S/C18H18N6/c1-12-4-5-14-15(9-12)23-17(22-14)13-3-2-8-24(11-13)18-16(10-19)20-6-7-21-18/h4-7,9,13H,2-3,8,11H2,1H3,(H,22,23)/t13-/m0/s1. The predicted molar refractivity (Wildman–Crippen MR) is 91.8 cm³/mol. The fourth-order valence-corrected chi connectivity index (χ4v) is 3.37. The number of hydrogen-bond acceptors (Lipinski definition) is 5. The summed E-state index contributed by atoms with van der Waals surface area (Å²) in [6, 6.07) is 8.40. The third-order valence-corrected chi connectivity index (χ3v) is 4.55. The number of aromatic nitrogens is 4. The van der Waals surface area contributed by atoms with Crippen LogP contribution in [-0.2, 0) is 0 Å². The van der Waals surface area contributed by atoms with Gasteiger partial charge in [0.15, 0.2) is 11.5 Å². The Labute approximate surface area is 140 Å². The molecule has 1 aliphatic rings. The van der Waals surface area contributed by atoms with Gasteiger partial charge in [-0.1, -0.05) is 6.07 Å². The summed E-state index contributed by atoms with van der Waals surface area (Å²) < 4.78 is 0. The molecule has 3 aromatic rings. The number of nitrogens with zero attached hydrogens (tertiary/aromatic N) is 5. The van der Waals surface area contributed by atoms with E-state index in [1.807, 2.05) is 0 Å². The Bertz CT molecular complexity index is 923. The quantitative estimate of drug-likeness (QED) is 0.785. The zero-order valence-corrected chi connectivity index (χ0v) is 13.5. The molecule has 0 aliphatic carbocycles. The van der Waals surface area contributed by atoms with Crippen molar-refractivity contribution in [1.82, 2.24) is 19.9 Å². The van der Waals surface area contributed by atoms with Gasteiger partial charge >= 0.3 is 0 Å². The second-order valence-electron chi connectivity index (χ2n) is 6.27. The number of benzene rings is 1. The molecule has 24 heavy (non-hydrogen) atoms. The second-order valence-corrected chi connectivity index (χ2v) is 6.27. The molecule has 1 aliphatic heterocycles. The molecule has 1 fully saturated rings. The van der Waals surface area contributed by atoms with Gasteiger partial charge in [-0.2, -0.15) is 5.26 Å². The highest BCUT2D eigenvalue weighted by Gasteiger charge is 2.26. The maximum Gasteiger partial charge on any atom is 0.183 e. The molecule has 3 heterocycles. The number of rotatable bonds is 2. The van der Waals surface area contributed by atoms with Crippen LogP contribution in [0.2, 0.25) is 0 Å². The van der Waals surface area contributed by atoms with Crippen molar-refractivity contribution >= 4 is 16.9 Å². The Kier molecular flexibility index (Phi) is 3.62. The summed E-state index contributed by atoms with van der Waals surface area (Å²) in [7, 11) is 0. The molecule has 4 rings (SSSR count). The van der Waals surface area contributed by atoms with E-state index < -0.39 is 0 Å². The highest BCUT2D eigenvalue weighted by Crippen LogP contribution is 2.29. The summed E-state index contributed by atoms with van der Waals surface area (Å²) in [6.07, 6.45) is 5.33. The summed E-state index contributed by atoms with van der Waals surface area (Å²) in [5.41, 5.74) is 3.70. The molecule has 0 spiro atoms. The monoisotopic (exact) mass is 318 g/mol. The van der Waals surface area contributed by atoms with Crippen molar-refractivity contribution in [2.45, 2.75) is 25.7 Å². The Balaban J connectivity index is 1.63. The minimum Gasteiger partial charge on any atom is -0.353 e. The number of nitriles is 1. The maximum absolute atomic E-state index is 9.26. The third-order valence-electron chi connectivity index (χ3n) is 4.55. The molecule has 6 heteroatoms. The number of aromatic amines is 1. The van der Waals surface area contributed by atoms with Gasteiger partial charge in [0.05, 0.1) is 11.0 Å². The van der Waals surface area contributed by atoms with Gasteiger partial charge in [-0.25, -0.2) is 15.0 Å². The number of hydrogen-bond donors (Lipinski definition) is 1. The molecular formula is C18H18N6. The van der Waals surface area contributed by atoms with E-state index in [9.17, 15) is 5.26 Å². The fourth-order valence-electron chi connectivity index (χ4n) is 3.37. The zero-order valence-electron chi connectivity index (χ0n) is 13.5. The number of anilines is 1. The van der Waals surface area contributed by atoms with Crippen LogP contribution in [0, 0.1) is 18.3 Å². The molecule has 1 aromatic carbocycles. The van der Waals surface area contributed by atoms with Gasteiger partial charge in [-0.05, 0) is 37.5 Å². The van der Waals surface area contributed by atoms with Crippen LogP contribution in [0.15, 0.2) is 30.6 Å². The van der Waals surface area contributed by atoms with Gasteiger partial charge in [0.2, 0.25) is 0 Å². The molecule has 1 atom stereocenters. The molecule has 0 amide bonds. The van der Waals surface area contributed by atoms with Crippen LogP contribution in [0.25, 0.3) is 11.0 Å². The van der Waals surface area contributed by atoms with E-state index in [-0.39, 0.29) is 0 Å². The number of piperidine rings is 1. The van der Waals surface area contributed by atoms with Gasteiger partial charge in [0, 0.05) is 31.4 Å². The van der Waals surface area contributed by atoms with Gasteiger partial charge < -0.3 is 9.88 Å². The number of H-pyrrole nitrogens is 1. The van der Waals surface area contributed by atoms with E-state index in [1.165, 1.54) is 5.56 Å². The van der Waals surface area contributed by atoms with E-state index in [4.69, 9.17) is 4.98 Å². The lowest BCUT2D eigenvalue weighted by molar-refractivity contribution is 0.492. The predicted octanol–water partition coefficient (Wildman–Crippen LogP) is 2.92. The topological polar surface area (TPSA) is 81.5 Å². The van der Waals surface area contributed by atoms with Crippen LogP contribution in [0.1, 0.15) is 35.8 Å². The normalized spacial score (nSPS) is 17.8. The van der Waals surface area contributed by atoms with Crippen LogP contribution in [0.3, 0.4) is 0 Å². The molecule has 6 nitrogen and oxygen atoms in total. The molecule has 0 radical (unpaired) electrons. The third kappa shape index (κ3) is 2.58. The summed E-state index contributed by atoms with van der Waals surface area (Å²) in [4.78, 5) is 18.9. The SMILES string of the molecule is Cc1ccc2nc([C@H]3CCCN(c4nccnc4C#N)C3)[nH]c2c1. The number of imidazole rings is 1. The van der Waals surface area contributed by atoms with E-state index in [0.29, 0.717) is 17.4 Å². The van der Waals surface area contributed by atoms with E-state index >= 15 is 0 Å². The largest absolute Gasteiger partial charge is 0.353 e. The Hall–Kier alpha value is -2.94. The highest BCUT2D eigenvalue weighted by atomic mass is 15.2. The van der Waals surface area contributed by atoms with Crippen LogP contribution in [0.5, 0.6) is 0 Å². The lowest BCUT2D eigenvalue weighted by atomic mass is 9.97. The Morgan fingerprint density at radius 2 is 2.17 bits per heavy atom. The maximum atomic E-state index is 9.26. The number of fused-ring (bicyclic) bond motifs is 1.